The molecule has 0 spiro atoms. The van der Waals surface area contributed by atoms with Gasteiger partial charge in [-0.25, -0.2) is 0 Å². The van der Waals surface area contributed by atoms with Crippen molar-refractivity contribution in [2.24, 2.45) is 5.92 Å². The molecule has 0 radical (unpaired) electrons. The Bertz CT molecular complexity index is 428. The quantitative estimate of drug-likeness (QED) is 0.850. The average Bonchev–Trinajstić information content (AvgIpc) is 2.30. The van der Waals surface area contributed by atoms with E-state index in [9.17, 15) is 0 Å². The molecule has 1 fully saturated rings. The maximum Gasteiger partial charge on any atom is 0.324 e. The van der Waals surface area contributed by atoms with Gasteiger partial charge in [0.1, 0.15) is 6.10 Å². The first-order valence-corrected chi connectivity index (χ1v) is 7.17. The van der Waals surface area contributed by atoms with Crippen LogP contribution in [0.1, 0.15) is 46.5 Å². The lowest BCUT2D eigenvalue weighted by molar-refractivity contribution is 0.0899. The zero-order valence-electron chi connectivity index (χ0n) is 11.6. The number of nitrogens with zero attached hydrogens (tertiary/aromatic N) is 3. The lowest BCUT2D eigenvalue weighted by atomic mass is 9.88. The van der Waals surface area contributed by atoms with E-state index < -0.39 is 0 Å². The average molecular weight is 286 g/mol. The van der Waals surface area contributed by atoms with Crippen molar-refractivity contribution in [2.75, 3.05) is 0 Å². The molecule has 0 N–H and O–H groups in total. The monoisotopic (exact) mass is 285 g/mol. The molecule has 0 bridgehead atoms. The number of rotatable bonds is 4. The van der Waals surface area contributed by atoms with Crippen molar-refractivity contribution < 1.29 is 9.47 Å². The number of ether oxygens (including phenoxy) is 2. The first-order valence-electron chi connectivity index (χ1n) is 6.79. The highest BCUT2D eigenvalue weighted by Gasteiger charge is 2.24. The zero-order valence-corrected chi connectivity index (χ0v) is 12.4. The molecule has 1 aromatic rings. The Morgan fingerprint density at radius 1 is 1.11 bits per heavy atom. The third-order valence-corrected chi connectivity index (χ3v) is 3.37. The Morgan fingerprint density at radius 2 is 1.79 bits per heavy atom. The summed E-state index contributed by atoms with van der Waals surface area (Å²) in [6.45, 7) is 6.00. The molecule has 19 heavy (non-hydrogen) atoms. The molecule has 0 saturated heterocycles. The van der Waals surface area contributed by atoms with E-state index in [2.05, 4.69) is 21.9 Å². The predicted octanol–water partition coefficient (Wildman–Crippen LogP) is 3.27. The smallest absolute Gasteiger partial charge is 0.324 e. The summed E-state index contributed by atoms with van der Waals surface area (Å²) < 4.78 is 11.3. The van der Waals surface area contributed by atoms with Crippen molar-refractivity contribution in [3.63, 3.8) is 0 Å². The molecule has 0 aliphatic heterocycles. The Kier molecular flexibility index (Phi) is 4.80. The van der Waals surface area contributed by atoms with E-state index >= 15 is 0 Å². The van der Waals surface area contributed by atoms with Crippen molar-refractivity contribution in [2.45, 2.75) is 58.7 Å². The van der Waals surface area contributed by atoms with Crippen LogP contribution in [0.2, 0.25) is 5.28 Å². The SMILES string of the molecule is CC(C)Oc1nc(Cl)nc(OC2CCCCC2C)n1. The van der Waals surface area contributed by atoms with Gasteiger partial charge in [-0.3, -0.25) is 0 Å². The van der Waals surface area contributed by atoms with Gasteiger partial charge in [0.2, 0.25) is 5.28 Å². The number of hydrogen-bond donors (Lipinski definition) is 0. The van der Waals surface area contributed by atoms with Crippen LogP contribution in [0.25, 0.3) is 0 Å². The first kappa shape index (κ1) is 14.3. The molecule has 2 atom stereocenters. The fraction of sp³-hybridized carbons (Fsp3) is 0.769. The van der Waals surface area contributed by atoms with E-state index in [0.717, 1.165) is 6.42 Å². The third-order valence-electron chi connectivity index (χ3n) is 3.20. The third kappa shape index (κ3) is 4.20. The van der Waals surface area contributed by atoms with Crippen LogP contribution in [-0.2, 0) is 0 Å². The molecule has 106 valence electrons. The van der Waals surface area contributed by atoms with Crippen LogP contribution in [0.5, 0.6) is 12.0 Å². The molecule has 5 nitrogen and oxygen atoms in total. The van der Waals surface area contributed by atoms with Gasteiger partial charge in [-0.15, -0.1) is 4.98 Å². The van der Waals surface area contributed by atoms with Crippen LogP contribution < -0.4 is 9.47 Å². The van der Waals surface area contributed by atoms with Crippen LogP contribution in [0.4, 0.5) is 0 Å². The summed E-state index contributed by atoms with van der Waals surface area (Å²) in [7, 11) is 0. The van der Waals surface area contributed by atoms with Gasteiger partial charge < -0.3 is 9.47 Å². The second kappa shape index (κ2) is 6.37. The summed E-state index contributed by atoms with van der Waals surface area (Å²) in [4.78, 5) is 12.1. The molecular weight excluding hydrogens is 266 g/mol. The summed E-state index contributed by atoms with van der Waals surface area (Å²) in [5, 5.41) is 0.101. The zero-order chi connectivity index (χ0) is 13.8. The Hall–Kier alpha value is -1.10. The maximum atomic E-state index is 5.87. The highest BCUT2D eigenvalue weighted by atomic mass is 35.5. The number of aromatic nitrogens is 3. The second-order valence-corrected chi connectivity index (χ2v) is 5.59. The van der Waals surface area contributed by atoms with Gasteiger partial charge in [0.25, 0.3) is 0 Å². The van der Waals surface area contributed by atoms with E-state index in [1.54, 1.807) is 0 Å². The summed E-state index contributed by atoms with van der Waals surface area (Å²) in [6.07, 6.45) is 4.80. The van der Waals surface area contributed by atoms with Gasteiger partial charge in [0, 0.05) is 0 Å². The minimum absolute atomic E-state index is 0.0140. The molecule has 1 aliphatic carbocycles. The molecule has 6 heteroatoms. The summed E-state index contributed by atoms with van der Waals surface area (Å²) >= 11 is 5.87. The summed E-state index contributed by atoms with van der Waals surface area (Å²) in [5.74, 6) is 0.513. The van der Waals surface area contributed by atoms with Crippen LogP contribution in [0, 0.1) is 5.92 Å². The topological polar surface area (TPSA) is 57.1 Å². The Morgan fingerprint density at radius 3 is 2.47 bits per heavy atom. The highest BCUT2D eigenvalue weighted by molar-refractivity contribution is 6.28. The largest absolute Gasteiger partial charge is 0.461 e. The Balaban J connectivity index is 2.08. The first-order chi connectivity index (χ1) is 9.04. The van der Waals surface area contributed by atoms with E-state index in [1.807, 2.05) is 13.8 Å². The van der Waals surface area contributed by atoms with Crippen LogP contribution in [0.3, 0.4) is 0 Å². The molecule has 1 saturated carbocycles. The standard InChI is InChI=1S/C13H20ClN3O2/c1-8(2)18-12-15-11(14)16-13(17-12)19-10-7-5-4-6-9(10)3/h8-10H,4-7H2,1-3H3. The van der Waals surface area contributed by atoms with E-state index in [4.69, 9.17) is 21.1 Å². The van der Waals surface area contributed by atoms with Crippen molar-refractivity contribution in [1.29, 1.82) is 0 Å². The molecule has 2 unspecified atom stereocenters. The molecular formula is C13H20ClN3O2. The fourth-order valence-electron chi connectivity index (χ4n) is 2.22. The summed E-state index contributed by atoms with van der Waals surface area (Å²) in [6, 6.07) is 0.475. The molecule has 1 aliphatic rings. The molecule has 0 amide bonds. The van der Waals surface area contributed by atoms with Gasteiger partial charge in [0.05, 0.1) is 6.10 Å². The van der Waals surface area contributed by atoms with Gasteiger partial charge in [-0.2, -0.15) is 9.97 Å². The predicted molar refractivity (Wildman–Crippen MR) is 72.6 cm³/mol. The number of halogens is 1. The normalized spacial score (nSPS) is 23.4. The van der Waals surface area contributed by atoms with Crippen molar-refractivity contribution in [3.8, 4) is 12.0 Å². The van der Waals surface area contributed by atoms with Crippen LogP contribution in [-0.4, -0.2) is 27.2 Å². The van der Waals surface area contributed by atoms with E-state index in [1.165, 1.54) is 19.3 Å². The van der Waals surface area contributed by atoms with Crippen LogP contribution in [0.15, 0.2) is 0 Å². The molecule has 0 aromatic carbocycles. The highest BCUT2D eigenvalue weighted by Crippen LogP contribution is 2.27. The van der Waals surface area contributed by atoms with Crippen molar-refractivity contribution in [1.82, 2.24) is 15.0 Å². The maximum absolute atomic E-state index is 5.87. The van der Waals surface area contributed by atoms with E-state index in [-0.39, 0.29) is 29.5 Å². The minimum atomic E-state index is -0.0140. The second-order valence-electron chi connectivity index (χ2n) is 5.25. The molecule has 1 heterocycles. The van der Waals surface area contributed by atoms with Crippen molar-refractivity contribution in [3.05, 3.63) is 5.28 Å². The fourth-order valence-corrected chi connectivity index (χ4v) is 2.37. The van der Waals surface area contributed by atoms with Gasteiger partial charge in [-0.1, -0.05) is 13.3 Å². The van der Waals surface area contributed by atoms with Crippen molar-refractivity contribution >= 4 is 11.6 Å². The Labute approximate surface area is 118 Å². The van der Waals surface area contributed by atoms with Gasteiger partial charge >= 0.3 is 12.0 Å². The van der Waals surface area contributed by atoms with E-state index in [0.29, 0.717) is 5.92 Å². The number of hydrogen-bond acceptors (Lipinski definition) is 5. The van der Waals surface area contributed by atoms with Gasteiger partial charge in [0.15, 0.2) is 0 Å². The lowest BCUT2D eigenvalue weighted by Crippen LogP contribution is -2.29. The summed E-state index contributed by atoms with van der Waals surface area (Å²) in [5.41, 5.74) is 0. The lowest BCUT2D eigenvalue weighted by Gasteiger charge is -2.28. The van der Waals surface area contributed by atoms with Gasteiger partial charge in [-0.05, 0) is 50.6 Å². The molecule has 2 rings (SSSR count). The molecule has 1 aromatic heterocycles. The minimum Gasteiger partial charge on any atom is -0.461 e. The van der Waals surface area contributed by atoms with Crippen LogP contribution >= 0.6 is 11.6 Å².